The van der Waals surface area contributed by atoms with E-state index >= 15 is 0 Å². The Balaban J connectivity index is 2.88. The molecule has 1 atom stereocenters. The van der Waals surface area contributed by atoms with Crippen LogP contribution in [0.3, 0.4) is 0 Å². The molecule has 1 rings (SSSR count). The van der Waals surface area contributed by atoms with Gasteiger partial charge in [-0.25, -0.2) is 0 Å². The van der Waals surface area contributed by atoms with Gasteiger partial charge in [-0.3, -0.25) is 0 Å². The molecule has 2 nitrogen and oxygen atoms in total. The summed E-state index contributed by atoms with van der Waals surface area (Å²) in [5, 5.41) is 9.01. The standard InChI is InChI=1S/C11H15BrO2/c1-8(6-13)9-3-4-10(7-14-2)11(12)5-9/h3-5,8,13H,6-7H2,1-2H3. The third-order valence-corrected chi connectivity index (χ3v) is 2.96. The van der Waals surface area contributed by atoms with Gasteiger partial charge in [0, 0.05) is 24.1 Å². The lowest BCUT2D eigenvalue weighted by Gasteiger charge is -2.10. The van der Waals surface area contributed by atoms with Crippen LogP contribution in [0.15, 0.2) is 22.7 Å². The SMILES string of the molecule is COCc1ccc(C(C)CO)cc1Br. The zero-order chi connectivity index (χ0) is 10.6. The van der Waals surface area contributed by atoms with Crippen molar-refractivity contribution in [3.05, 3.63) is 33.8 Å². The summed E-state index contributed by atoms with van der Waals surface area (Å²) in [7, 11) is 1.68. The molecule has 78 valence electrons. The van der Waals surface area contributed by atoms with Crippen LogP contribution >= 0.6 is 15.9 Å². The first-order chi connectivity index (χ1) is 6.69. The van der Waals surface area contributed by atoms with E-state index < -0.39 is 0 Å². The van der Waals surface area contributed by atoms with Crippen molar-refractivity contribution in [1.82, 2.24) is 0 Å². The number of hydrogen-bond acceptors (Lipinski definition) is 2. The average molecular weight is 259 g/mol. The first-order valence-corrected chi connectivity index (χ1v) is 5.36. The Labute approximate surface area is 93.0 Å². The molecule has 0 aliphatic carbocycles. The maximum Gasteiger partial charge on any atom is 0.0724 e. The van der Waals surface area contributed by atoms with Gasteiger partial charge in [-0.05, 0) is 17.2 Å². The molecule has 0 heterocycles. The third-order valence-electron chi connectivity index (χ3n) is 2.22. The average Bonchev–Trinajstić information content (AvgIpc) is 2.20. The lowest BCUT2D eigenvalue weighted by molar-refractivity contribution is 0.184. The molecule has 1 aromatic rings. The van der Waals surface area contributed by atoms with Crippen LogP contribution in [0.2, 0.25) is 0 Å². The molecule has 3 heteroatoms. The minimum atomic E-state index is 0.177. The molecule has 0 fully saturated rings. The number of benzene rings is 1. The van der Waals surface area contributed by atoms with E-state index in [4.69, 9.17) is 9.84 Å². The highest BCUT2D eigenvalue weighted by atomic mass is 79.9. The Morgan fingerprint density at radius 2 is 2.21 bits per heavy atom. The van der Waals surface area contributed by atoms with Crippen LogP contribution in [0.4, 0.5) is 0 Å². The lowest BCUT2D eigenvalue weighted by Crippen LogP contribution is -1.99. The normalized spacial score (nSPS) is 12.9. The van der Waals surface area contributed by atoms with Crippen molar-refractivity contribution in [3.8, 4) is 0 Å². The Bertz CT molecular complexity index is 299. The third kappa shape index (κ3) is 2.80. The van der Waals surface area contributed by atoms with Gasteiger partial charge in [-0.1, -0.05) is 35.0 Å². The van der Waals surface area contributed by atoms with E-state index in [0.717, 1.165) is 15.6 Å². The first kappa shape index (κ1) is 11.7. The molecule has 1 aromatic carbocycles. The molecule has 0 amide bonds. The molecule has 1 N–H and O–H groups in total. The largest absolute Gasteiger partial charge is 0.396 e. The summed E-state index contributed by atoms with van der Waals surface area (Å²) in [5.74, 6) is 0.183. The van der Waals surface area contributed by atoms with Crippen LogP contribution in [-0.2, 0) is 11.3 Å². The number of rotatable bonds is 4. The molecule has 0 aromatic heterocycles. The van der Waals surface area contributed by atoms with Crippen molar-refractivity contribution in [1.29, 1.82) is 0 Å². The van der Waals surface area contributed by atoms with Gasteiger partial charge in [0.2, 0.25) is 0 Å². The number of aliphatic hydroxyl groups is 1. The van der Waals surface area contributed by atoms with Crippen molar-refractivity contribution in [2.45, 2.75) is 19.4 Å². The number of aliphatic hydroxyl groups excluding tert-OH is 1. The molecule has 0 spiro atoms. The van der Waals surface area contributed by atoms with Gasteiger partial charge in [-0.15, -0.1) is 0 Å². The number of methoxy groups -OCH3 is 1. The van der Waals surface area contributed by atoms with Crippen molar-refractivity contribution >= 4 is 15.9 Å². The fraction of sp³-hybridized carbons (Fsp3) is 0.455. The van der Waals surface area contributed by atoms with E-state index in [1.165, 1.54) is 0 Å². The predicted octanol–water partition coefficient (Wildman–Crippen LogP) is 2.69. The van der Waals surface area contributed by atoms with E-state index in [0.29, 0.717) is 6.61 Å². The fourth-order valence-corrected chi connectivity index (χ4v) is 1.76. The van der Waals surface area contributed by atoms with Gasteiger partial charge >= 0.3 is 0 Å². The zero-order valence-electron chi connectivity index (χ0n) is 8.46. The van der Waals surface area contributed by atoms with E-state index in [-0.39, 0.29) is 12.5 Å². The summed E-state index contributed by atoms with van der Waals surface area (Å²) in [5.41, 5.74) is 2.26. The number of hydrogen-bond donors (Lipinski definition) is 1. The first-order valence-electron chi connectivity index (χ1n) is 4.57. The Morgan fingerprint density at radius 1 is 1.50 bits per heavy atom. The van der Waals surface area contributed by atoms with Crippen molar-refractivity contribution < 1.29 is 9.84 Å². The van der Waals surface area contributed by atoms with Crippen LogP contribution in [0.5, 0.6) is 0 Å². The van der Waals surface area contributed by atoms with E-state index in [1.54, 1.807) is 7.11 Å². The van der Waals surface area contributed by atoms with Gasteiger partial charge in [-0.2, -0.15) is 0 Å². The van der Waals surface area contributed by atoms with Gasteiger partial charge in [0.25, 0.3) is 0 Å². The maximum atomic E-state index is 9.01. The van der Waals surface area contributed by atoms with Crippen molar-refractivity contribution in [2.24, 2.45) is 0 Å². The van der Waals surface area contributed by atoms with Gasteiger partial charge < -0.3 is 9.84 Å². The molecule has 0 aliphatic rings. The summed E-state index contributed by atoms with van der Waals surface area (Å²) in [4.78, 5) is 0. The molecule has 14 heavy (non-hydrogen) atoms. The maximum absolute atomic E-state index is 9.01. The van der Waals surface area contributed by atoms with Crippen LogP contribution in [0, 0.1) is 0 Å². The van der Waals surface area contributed by atoms with Crippen LogP contribution in [0.1, 0.15) is 24.0 Å². The molecule has 0 bridgehead atoms. The Morgan fingerprint density at radius 3 is 2.71 bits per heavy atom. The van der Waals surface area contributed by atoms with E-state index in [9.17, 15) is 0 Å². The molecule has 0 aliphatic heterocycles. The predicted molar refractivity (Wildman–Crippen MR) is 60.4 cm³/mol. The second-order valence-corrected chi connectivity index (χ2v) is 4.22. The molecule has 0 saturated heterocycles. The molecular weight excluding hydrogens is 244 g/mol. The van der Waals surface area contributed by atoms with Gasteiger partial charge in [0.05, 0.1) is 6.61 Å². The summed E-state index contributed by atoms with van der Waals surface area (Å²) in [6.07, 6.45) is 0. The number of ether oxygens (including phenoxy) is 1. The lowest BCUT2D eigenvalue weighted by atomic mass is 10.0. The zero-order valence-corrected chi connectivity index (χ0v) is 10.0. The molecule has 0 radical (unpaired) electrons. The van der Waals surface area contributed by atoms with Crippen LogP contribution < -0.4 is 0 Å². The minimum Gasteiger partial charge on any atom is -0.396 e. The highest BCUT2D eigenvalue weighted by molar-refractivity contribution is 9.10. The Kier molecular flexibility index (Phi) is 4.58. The highest BCUT2D eigenvalue weighted by Gasteiger charge is 2.06. The monoisotopic (exact) mass is 258 g/mol. The van der Waals surface area contributed by atoms with E-state index in [2.05, 4.69) is 15.9 Å². The van der Waals surface area contributed by atoms with Gasteiger partial charge in [0.15, 0.2) is 0 Å². The number of halogens is 1. The summed E-state index contributed by atoms with van der Waals surface area (Å²) < 4.78 is 6.10. The van der Waals surface area contributed by atoms with Crippen LogP contribution in [0.25, 0.3) is 0 Å². The molecular formula is C11H15BrO2. The quantitative estimate of drug-likeness (QED) is 0.900. The molecule has 0 saturated carbocycles. The minimum absolute atomic E-state index is 0.177. The summed E-state index contributed by atoms with van der Waals surface area (Å²) >= 11 is 3.48. The second-order valence-electron chi connectivity index (χ2n) is 3.37. The topological polar surface area (TPSA) is 29.5 Å². The highest BCUT2D eigenvalue weighted by Crippen LogP contribution is 2.23. The Hall–Kier alpha value is -0.380. The van der Waals surface area contributed by atoms with Crippen molar-refractivity contribution in [2.75, 3.05) is 13.7 Å². The molecule has 1 unspecified atom stereocenters. The summed E-state index contributed by atoms with van der Waals surface area (Å²) in [6.45, 7) is 2.78. The van der Waals surface area contributed by atoms with Crippen molar-refractivity contribution in [3.63, 3.8) is 0 Å². The second kappa shape index (κ2) is 5.49. The van der Waals surface area contributed by atoms with Crippen LogP contribution in [-0.4, -0.2) is 18.8 Å². The smallest absolute Gasteiger partial charge is 0.0724 e. The summed E-state index contributed by atoms with van der Waals surface area (Å²) in [6, 6.07) is 6.09. The fourth-order valence-electron chi connectivity index (χ4n) is 1.25. The van der Waals surface area contributed by atoms with Gasteiger partial charge in [0.1, 0.15) is 0 Å². The van der Waals surface area contributed by atoms with E-state index in [1.807, 2.05) is 25.1 Å².